The lowest BCUT2D eigenvalue weighted by molar-refractivity contribution is -0.128. The second-order valence-electron chi connectivity index (χ2n) is 4.96. The van der Waals surface area contributed by atoms with Gasteiger partial charge in [0.15, 0.2) is 0 Å². The zero-order valence-corrected chi connectivity index (χ0v) is 11.9. The number of aliphatic hydroxyl groups is 1. The minimum Gasteiger partial charge on any atom is -0.387 e. The van der Waals surface area contributed by atoms with Gasteiger partial charge in [-0.15, -0.1) is 0 Å². The van der Waals surface area contributed by atoms with Crippen molar-refractivity contribution in [2.75, 3.05) is 20.1 Å². The largest absolute Gasteiger partial charge is 0.387 e. The molecule has 0 radical (unpaired) electrons. The van der Waals surface area contributed by atoms with Crippen molar-refractivity contribution in [3.8, 4) is 0 Å². The van der Waals surface area contributed by atoms with Crippen LogP contribution in [0.15, 0.2) is 24.3 Å². The molecule has 1 heterocycles. The van der Waals surface area contributed by atoms with Crippen molar-refractivity contribution in [3.05, 3.63) is 34.9 Å². The van der Waals surface area contributed by atoms with E-state index in [2.05, 4.69) is 5.32 Å². The highest BCUT2D eigenvalue weighted by atomic mass is 35.5. The Kier molecular flexibility index (Phi) is 4.62. The van der Waals surface area contributed by atoms with E-state index in [0.717, 1.165) is 0 Å². The second-order valence-corrected chi connectivity index (χ2v) is 5.36. The van der Waals surface area contributed by atoms with E-state index in [-0.39, 0.29) is 30.7 Å². The fraction of sp³-hybridized carbons (Fsp3) is 0.429. The molecule has 1 aliphatic heterocycles. The number of hydrogen-bond acceptors (Lipinski definition) is 3. The van der Waals surface area contributed by atoms with Gasteiger partial charge in [-0.1, -0.05) is 29.8 Å². The first-order valence-corrected chi connectivity index (χ1v) is 6.81. The van der Waals surface area contributed by atoms with Crippen molar-refractivity contribution in [1.29, 1.82) is 0 Å². The molecular formula is C14H17ClN2O3. The lowest BCUT2D eigenvalue weighted by Crippen LogP contribution is -2.35. The highest BCUT2D eigenvalue weighted by Gasteiger charge is 2.32. The normalized spacial score (nSPS) is 20.1. The van der Waals surface area contributed by atoms with Gasteiger partial charge in [0.25, 0.3) is 0 Å². The number of likely N-dealkylation sites (tertiary alicyclic amines) is 1. The summed E-state index contributed by atoms with van der Waals surface area (Å²) in [5, 5.41) is 13.1. The molecule has 108 valence electrons. The molecule has 2 unspecified atom stereocenters. The number of nitrogens with one attached hydrogen (secondary N) is 1. The van der Waals surface area contributed by atoms with Crippen LogP contribution in [-0.2, 0) is 9.59 Å². The zero-order valence-electron chi connectivity index (χ0n) is 11.2. The molecule has 0 spiro atoms. The molecule has 20 heavy (non-hydrogen) atoms. The number of hydrogen-bond donors (Lipinski definition) is 2. The quantitative estimate of drug-likeness (QED) is 0.870. The summed E-state index contributed by atoms with van der Waals surface area (Å²) in [4.78, 5) is 24.8. The number of aliphatic hydroxyl groups excluding tert-OH is 1. The maximum atomic E-state index is 11.9. The van der Waals surface area contributed by atoms with Gasteiger partial charge in [-0.3, -0.25) is 9.59 Å². The van der Waals surface area contributed by atoms with Gasteiger partial charge in [0, 0.05) is 37.1 Å². The third kappa shape index (κ3) is 3.29. The summed E-state index contributed by atoms with van der Waals surface area (Å²) in [6.07, 6.45) is -0.632. The highest BCUT2D eigenvalue weighted by Crippen LogP contribution is 2.22. The van der Waals surface area contributed by atoms with Crippen LogP contribution in [0, 0.1) is 5.92 Å². The van der Waals surface area contributed by atoms with Crippen molar-refractivity contribution in [3.63, 3.8) is 0 Å². The smallest absolute Gasteiger partial charge is 0.225 e. The van der Waals surface area contributed by atoms with Crippen LogP contribution >= 0.6 is 11.6 Å². The van der Waals surface area contributed by atoms with E-state index in [1.54, 1.807) is 31.3 Å². The fourth-order valence-corrected chi connectivity index (χ4v) is 2.50. The molecule has 1 aromatic carbocycles. The molecule has 2 N–H and O–H groups in total. The number of nitrogens with zero attached hydrogens (tertiary/aromatic N) is 1. The number of carbonyl (C=O) groups is 2. The van der Waals surface area contributed by atoms with E-state index in [1.165, 1.54) is 4.90 Å². The monoisotopic (exact) mass is 296 g/mol. The van der Waals surface area contributed by atoms with Crippen LogP contribution in [0.2, 0.25) is 5.02 Å². The van der Waals surface area contributed by atoms with Crippen LogP contribution in [0.25, 0.3) is 0 Å². The molecule has 2 rings (SSSR count). The van der Waals surface area contributed by atoms with Crippen LogP contribution < -0.4 is 5.32 Å². The minimum atomic E-state index is -0.859. The summed E-state index contributed by atoms with van der Waals surface area (Å²) in [5.74, 6) is -0.587. The van der Waals surface area contributed by atoms with Crippen LogP contribution in [0.3, 0.4) is 0 Å². The number of benzene rings is 1. The van der Waals surface area contributed by atoms with Crippen LogP contribution in [0.1, 0.15) is 18.1 Å². The third-order valence-corrected chi connectivity index (χ3v) is 3.79. The lowest BCUT2D eigenvalue weighted by atomic mass is 10.1. The molecule has 5 nitrogen and oxygen atoms in total. The van der Waals surface area contributed by atoms with Gasteiger partial charge in [-0.05, 0) is 6.07 Å². The van der Waals surface area contributed by atoms with Crippen LogP contribution in [0.4, 0.5) is 0 Å². The predicted molar refractivity (Wildman–Crippen MR) is 75.2 cm³/mol. The third-order valence-electron chi connectivity index (χ3n) is 3.45. The summed E-state index contributed by atoms with van der Waals surface area (Å²) < 4.78 is 0. The Labute approximate surface area is 122 Å². The molecule has 0 aromatic heterocycles. The van der Waals surface area contributed by atoms with Gasteiger partial charge >= 0.3 is 0 Å². The number of carbonyl (C=O) groups excluding carboxylic acids is 2. The minimum absolute atomic E-state index is 0.0307. The zero-order chi connectivity index (χ0) is 14.7. The first kappa shape index (κ1) is 14.8. The maximum Gasteiger partial charge on any atom is 0.225 e. The van der Waals surface area contributed by atoms with Crippen molar-refractivity contribution in [1.82, 2.24) is 10.2 Å². The lowest BCUT2D eigenvalue weighted by Gasteiger charge is -2.15. The molecule has 2 amide bonds. The van der Waals surface area contributed by atoms with Crippen LogP contribution in [-0.4, -0.2) is 42.0 Å². The van der Waals surface area contributed by atoms with E-state index in [4.69, 9.17) is 11.6 Å². The Balaban J connectivity index is 1.88. The summed E-state index contributed by atoms with van der Waals surface area (Å²) in [6, 6.07) is 6.95. The predicted octanol–water partition coefficient (Wildman–Crippen LogP) is 0.968. The van der Waals surface area contributed by atoms with Gasteiger partial charge in [0.1, 0.15) is 0 Å². The standard InChI is InChI=1S/C14H17ClN2O3/c1-17-8-9(6-13(17)19)14(20)16-7-12(18)10-4-2-3-5-11(10)15/h2-5,9,12,18H,6-8H2,1H3,(H,16,20). The van der Waals surface area contributed by atoms with E-state index < -0.39 is 6.10 Å². The van der Waals surface area contributed by atoms with Gasteiger partial charge in [0.05, 0.1) is 12.0 Å². The van der Waals surface area contributed by atoms with Crippen molar-refractivity contribution >= 4 is 23.4 Å². The topological polar surface area (TPSA) is 69.6 Å². The van der Waals surface area contributed by atoms with Crippen LogP contribution in [0.5, 0.6) is 0 Å². The fourth-order valence-electron chi connectivity index (χ4n) is 2.24. The SMILES string of the molecule is CN1CC(C(=O)NCC(O)c2ccccc2Cl)CC1=O. The van der Waals surface area contributed by atoms with Crippen molar-refractivity contribution in [2.45, 2.75) is 12.5 Å². The van der Waals surface area contributed by atoms with E-state index in [0.29, 0.717) is 17.1 Å². The Bertz CT molecular complexity index is 521. The van der Waals surface area contributed by atoms with Gasteiger partial charge < -0.3 is 15.3 Å². The summed E-state index contributed by atoms with van der Waals surface area (Å²) >= 11 is 5.98. The number of halogens is 1. The molecule has 1 fully saturated rings. The molecule has 1 aromatic rings. The first-order chi connectivity index (χ1) is 9.49. The molecule has 2 atom stereocenters. The Morgan fingerprint density at radius 3 is 2.85 bits per heavy atom. The molecule has 0 bridgehead atoms. The highest BCUT2D eigenvalue weighted by molar-refractivity contribution is 6.31. The van der Waals surface area contributed by atoms with E-state index in [1.807, 2.05) is 0 Å². The second kappa shape index (κ2) is 6.24. The summed E-state index contributed by atoms with van der Waals surface area (Å²) in [5.41, 5.74) is 0.578. The van der Waals surface area contributed by atoms with E-state index in [9.17, 15) is 14.7 Å². The molecule has 6 heteroatoms. The maximum absolute atomic E-state index is 11.9. The molecular weight excluding hydrogens is 280 g/mol. The van der Waals surface area contributed by atoms with Gasteiger partial charge in [0.2, 0.25) is 11.8 Å². The number of rotatable bonds is 4. The average Bonchev–Trinajstić information content (AvgIpc) is 2.76. The van der Waals surface area contributed by atoms with Gasteiger partial charge in [-0.2, -0.15) is 0 Å². The molecule has 1 aliphatic rings. The Hall–Kier alpha value is -1.59. The van der Waals surface area contributed by atoms with Crippen molar-refractivity contribution < 1.29 is 14.7 Å². The number of amides is 2. The van der Waals surface area contributed by atoms with E-state index >= 15 is 0 Å². The first-order valence-electron chi connectivity index (χ1n) is 6.43. The molecule has 1 saturated heterocycles. The Morgan fingerprint density at radius 1 is 1.55 bits per heavy atom. The summed E-state index contributed by atoms with van der Waals surface area (Å²) in [6.45, 7) is 0.504. The Morgan fingerprint density at radius 2 is 2.25 bits per heavy atom. The summed E-state index contributed by atoms with van der Waals surface area (Å²) in [7, 11) is 1.67. The average molecular weight is 297 g/mol. The van der Waals surface area contributed by atoms with Crippen molar-refractivity contribution in [2.24, 2.45) is 5.92 Å². The van der Waals surface area contributed by atoms with Gasteiger partial charge in [-0.25, -0.2) is 0 Å². The molecule has 0 saturated carbocycles. The molecule has 0 aliphatic carbocycles.